The van der Waals surface area contributed by atoms with Crippen molar-refractivity contribution in [1.82, 2.24) is 4.90 Å². The number of aliphatic hydroxyl groups excluding tert-OH is 1. The van der Waals surface area contributed by atoms with Gasteiger partial charge in [-0.3, -0.25) is 4.79 Å². The fourth-order valence-electron chi connectivity index (χ4n) is 1.23. The summed E-state index contributed by atoms with van der Waals surface area (Å²) in [4.78, 5) is 13.2. The van der Waals surface area contributed by atoms with Crippen molar-refractivity contribution >= 4 is 21.8 Å². The van der Waals surface area contributed by atoms with E-state index in [9.17, 15) is 4.79 Å². The average Bonchev–Trinajstić information content (AvgIpc) is 2.83. The van der Waals surface area contributed by atoms with Crippen molar-refractivity contribution in [2.75, 3.05) is 18.5 Å². The van der Waals surface area contributed by atoms with Gasteiger partial charge in [0.1, 0.15) is 0 Å². The van der Waals surface area contributed by atoms with Crippen LogP contribution in [-0.4, -0.2) is 40.4 Å². The van der Waals surface area contributed by atoms with Crippen molar-refractivity contribution in [2.45, 2.75) is 25.3 Å². The zero-order valence-electron chi connectivity index (χ0n) is 7.00. The highest BCUT2D eigenvalue weighted by molar-refractivity contribution is 9.09. The lowest BCUT2D eigenvalue weighted by Gasteiger charge is -2.20. The summed E-state index contributed by atoms with van der Waals surface area (Å²) in [7, 11) is 0. The van der Waals surface area contributed by atoms with E-state index in [1.54, 1.807) is 4.90 Å². The Balaban J connectivity index is 2.34. The standard InChI is InChI=1S/C8H14BrNO2/c9-4-3-8(12)10(5-6-11)7-1-2-7/h7,11H,1-6H2. The quantitative estimate of drug-likeness (QED) is 0.716. The lowest BCUT2D eigenvalue weighted by atomic mass is 10.3. The molecular formula is C8H14BrNO2. The minimum Gasteiger partial charge on any atom is -0.395 e. The van der Waals surface area contributed by atoms with Crippen LogP contribution in [0.3, 0.4) is 0 Å². The Morgan fingerprint density at radius 3 is 2.67 bits per heavy atom. The molecular weight excluding hydrogens is 222 g/mol. The summed E-state index contributed by atoms with van der Waals surface area (Å²) in [5, 5.41) is 9.43. The Labute approximate surface area is 80.9 Å². The van der Waals surface area contributed by atoms with Gasteiger partial charge in [0.05, 0.1) is 6.61 Å². The minimum atomic E-state index is 0.0739. The van der Waals surface area contributed by atoms with Crippen molar-refractivity contribution < 1.29 is 9.90 Å². The van der Waals surface area contributed by atoms with E-state index in [-0.39, 0.29) is 12.5 Å². The van der Waals surface area contributed by atoms with E-state index in [2.05, 4.69) is 15.9 Å². The number of rotatable bonds is 5. The maximum Gasteiger partial charge on any atom is 0.223 e. The first-order valence-electron chi connectivity index (χ1n) is 4.26. The maximum absolute atomic E-state index is 11.4. The first-order valence-corrected chi connectivity index (χ1v) is 5.38. The number of halogens is 1. The van der Waals surface area contributed by atoms with Gasteiger partial charge in [0, 0.05) is 24.3 Å². The van der Waals surface area contributed by atoms with Gasteiger partial charge in [-0.05, 0) is 12.8 Å². The highest BCUT2D eigenvalue weighted by atomic mass is 79.9. The van der Waals surface area contributed by atoms with Crippen molar-refractivity contribution in [3.63, 3.8) is 0 Å². The van der Waals surface area contributed by atoms with Gasteiger partial charge in [0.25, 0.3) is 0 Å². The summed E-state index contributed by atoms with van der Waals surface area (Å²) in [6.07, 6.45) is 2.75. The van der Waals surface area contributed by atoms with Crippen LogP contribution in [0.5, 0.6) is 0 Å². The summed E-state index contributed by atoms with van der Waals surface area (Å²) in [6.45, 7) is 0.570. The molecule has 0 bridgehead atoms. The second-order valence-electron chi connectivity index (χ2n) is 2.98. The smallest absolute Gasteiger partial charge is 0.223 e. The fraction of sp³-hybridized carbons (Fsp3) is 0.875. The molecule has 1 aliphatic carbocycles. The third-order valence-corrected chi connectivity index (χ3v) is 2.35. The normalized spacial score (nSPS) is 16.2. The van der Waals surface area contributed by atoms with Crippen molar-refractivity contribution in [3.8, 4) is 0 Å². The summed E-state index contributed by atoms with van der Waals surface area (Å²) in [5.41, 5.74) is 0. The van der Waals surface area contributed by atoms with Crippen LogP contribution in [0.15, 0.2) is 0 Å². The Bertz CT molecular complexity index is 159. The predicted molar refractivity (Wildman–Crippen MR) is 50.2 cm³/mol. The number of hydrogen-bond acceptors (Lipinski definition) is 2. The van der Waals surface area contributed by atoms with Gasteiger partial charge >= 0.3 is 0 Å². The number of carbonyl (C=O) groups excluding carboxylic acids is 1. The summed E-state index contributed by atoms with van der Waals surface area (Å²) in [6, 6.07) is 0.420. The highest BCUT2D eigenvalue weighted by Gasteiger charge is 2.31. The molecule has 0 radical (unpaired) electrons. The molecule has 0 aromatic rings. The van der Waals surface area contributed by atoms with Gasteiger partial charge in [-0.2, -0.15) is 0 Å². The van der Waals surface area contributed by atoms with E-state index in [4.69, 9.17) is 5.11 Å². The fourth-order valence-corrected chi connectivity index (χ4v) is 1.57. The topological polar surface area (TPSA) is 40.5 Å². The Morgan fingerprint density at radius 2 is 2.25 bits per heavy atom. The number of hydrogen-bond donors (Lipinski definition) is 1. The Hall–Kier alpha value is -0.0900. The van der Waals surface area contributed by atoms with Gasteiger partial charge in [-0.15, -0.1) is 0 Å². The van der Waals surface area contributed by atoms with Gasteiger partial charge in [0.15, 0.2) is 0 Å². The van der Waals surface area contributed by atoms with Crippen molar-refractivity contribution in [3.05, 3.63) is 0 Å². The van der Waals surface area contributed by atoms with E-state index < -0.39 is 0 Å². The maximum atomic E-state index is 11.4. The van der Waals surface area contributed by atoms with Crippen LogP contribution in [0.4, 0.5) is 0 Å². The third kappa shape index (κ3) is 2.75. The predicted octanol–water partition coefficient (Wildman–Crippen LogP) is 0.755. The molecule has 1 N–H and O–H groups in total. The number of nitrogens with zero attached hydrogens (tertiary/aromatic N) is 1. The van der Waals surface area contributed by atoms with Crippen molar-refractivity contribution in [1.29, 1.82) is 0 Å². The van der Waals surface area contributed by atoms with E-state index in [1.165, 1.54) is 0 Å². The van der Waals surface area contributed by atoms with E-state index in [0.29, 0.717) is 24.3 Å². The van der Waals surface area contributed by atoms with Crippen LogP contribution in [0.1, 0.15) is 19.3 Å². The summed E-state index contributed by atoms with van der Waals surface area (Å²) >= 11 is 3.23. The molecule has 0 aromatic heterocycles. The van der Waals surface area contributed by atoms with E-state index in [0.717, 1.165) is 12.8 Å². The second-order valence-corrected chi connectivity index (χ2v) is 3.77. The van der Waals surface area contributed by atoms with Gasteiger partial charge in [-0.25, -0.2) is 0 Å². The Kier molecular flexibility index (Phi) is 4.01. The number of alkyl halides is 1. The summed E-state index contributed by atoms with van der Waals surface area (Å²) in [5.74, 6) is 0.156. The number of carbonyl (C=O) groups is 1. The molecule has 1 saturated carbocycles. The van der Waals surface area contributed by atoms with Crippen LogP contribution >= 0.6 is 15.9 Å². The molecule has 0 spiro atoms. The van der Waals surface area contributed by atoms with Crippen LogP contribution in [0.25, 0.3) is 0 Å². The lowest BCUT2D eigenvalue weighted by Crippen LogP contribution is -2.35. The first-order chi connectivity index (χ1) is 5.79. The van der Waals surface area contributed by atoms with E-state index >= 15 is 0 Å². The molecule has 12 heavy (non-hydrogen) atoms. The van der Waals surface area contributed by atoms with E-state index in [1.807, 2.05) is 0 Å². The highest BCUT2D eigenvalue weighted by Crippen LogP contribution is 2.26. The van der Waals surface area contributed by atoms with Gasteiger partial charge < -0.3 is 10.0 Å². The number of amides is 1. The molecule has 0 heterocycles. The molecule has 1 aliphatic rings. The molecule has 1 fully saturated rings. The zero-order chi connectivity index (χ0) is 8.97. The first kappa shape index (κ1) is 9.99. The average molecular weight is 236 g/mol. The molecule has 70 valence electrons. The van der Waals surface area contributed by atoms with Gasteiger partial charge in [-0.1, -0.05) is 15.9 Å². The molecule has 3 nitrogen and oxygen atoms in total. The molecule has 4 heteroatoms. The summed E-state index contributed by atoms with van der Waals surface area (Å²) < 4.78 is 0. The minimum absolute atomic E-state index is 0.0739. The van der Waals surface area contributed by atoms with Crippen molar-refractivity contribution in [2.24, 2.45) is 0 Å². The largest absolute Gasteiger partial charge is 0.395 e. The molecule has 0 atom stereocenters. The number of aliphatic hydroxyl groups is 1. The molecule has 1 rings (SSSR count). The van der Waals surface area contributed by atoms with Crippen LogP contribution < -0.4 is 0 Å². The molecule has 0 unspecified atom stereocenters. The SMILES string of the molecule is O=C(CCBr)N(CCO)C1CC1. The van der Waals surface area contributed by atoms with Gasteiger partial charge in [0.2, 0.25) is 5.91 Å². The third-order valence-electron chi connectivity index (χ3n) is 1.96. The monoisotopic (exact) mass is 235 g/mol. The zero-order valence-corrected chi connectivity index (χ0v) is 8.59. The molecule has 0 saturated heterocycles. The Morgan fingerprint density at radius 1 is 1.58 bits per heavy atom. The molecule has 0 aromatic carbocycles. The molecule has 1 amide bonds. The van der Waals surface area contributed by atoms with Crippen LogP contribution in [0, 0.1) is 0 Å². The second kappa shape index (κ2) is 4.82. The van der Waals surface area contributed by atoms with Crippen LogP contribution in [-0.2, 0) is 4.79 Å². The lowest BCUT2D eigenvalue weighted by molar-refractivity contribution is -0.131. The van der Waals surface area contributed by atoms with Crippen LogP contribution in [0.2, 0.25) is 0 Å². The molecule has 0 aliphatic heterocycles.